The predicted octanol–water partition coefficient (Wildman–Crippen LogP) is 22.5. The molecule has 0 spiro atoms. The number of unbranched alkanes of at least 4 members (excludes halogenated alkanes) is 47. The molecule has 0 aromatic rings. The Morgan fingerprint density at radius 2 is 0.505 bits per heavy atom. The van der Waals surface area contributed by atoms with Crippen molar-refractivity contribution in [1.82, 2.24) is 0 Å². The Balaban J connectivity index is 5.13. The summed E-state index contributed by atoms with van der Waals surface area (Å²) in [4.78, 5) is 72.5. The number of esters is 4. The van der Waals surface area contributed by atoms with Crippen LogP contribution >= 0.6 is 15.6 Å². The van der Waals surface area contributed by atoms with Crippen LogP contribution in [0.4, 0.5) is 0 Å². The highest BCUT2D eigenvalue weighted by molar-refractivity contribution is 7.47. The summed E-state index contributed by atoms with van der Waals surface area (Å²) >= 11 is 0. The van der Waals surface area contributed by atoms with Gasteiger partial charge in [-0.15, -0.1) is 0 Å². The van der Waals surface area contributed by atoms with E-state index in [1.807, 2.05) is 0 Å². The summed E-state index contributed by atoms with van der Waals surface area (Å²) in [5, 5.41) is 10.6. The Hall–Kier alpha value is -1.94. The van der Waals surface area contributed by atoms with Crippen LogP contribution in [0, 0.1) is 5.92 Å². The van der Waals surface area contributed by atoms with Gasteiger partial charge in [-0.2, -0.15) is 0 Å². The number of aliphatic hydroxyl groups is 1. The molecular weight excluding hydrogens is 1250 g/mol. The average molecular weight is 1400 g/mol. The first-order chi connectivity index (χ1) is 46.1. The lowest BCUT2D eigenvalue weighted by molar-refractivity contribution is -0.161. The van der Waals surface area contributed by atoms with E-state index in [-0.39, 0.29) is 25.7 Å². The molecule has 0 saturated heterocycles. The Labute approximate surface area is 581 Å². The van der Waals surface area contributed by atoms with Crippen molar-refractivity contribution in [3.05, 3.63) is 0 Å². The van der Waals surface area contributed by atoms with Crippen LogP contribution in [0.2, 0.25) is 0 Å². The van der Waals surface area contributed by atoms with Crippen molar-refractivity contribution in [2.75, 3.05) is 39.6 Å². The highest BCUT2D eigenvalue weighted by Crippen LogP contribution is 2.45. The van der Waals surface area contributed by atoms with Gasteiger partial charge < -0.3 is 33.8 Å². The van der Waals surface area contributed by atoms with Crippen molar-refractivity contribution in [3.63, 3.8) is 0 Å². The Bertz CT molecular complexity index is 1820. The molecule has 0 heterocycles. The standard InChI is InChI=1S/C76H148O17P2/c1-6-10-13-16-19-21-22-23-24-27-31-34-37-41-45-50-55-60-74(79)87-66-72(93-76(81)62-57-52-47-42-38-35-32-29-26-25-28-30-33-36-40-44-48-53-58-69(5)9-4)68-91-95(84,85)89-64-70(77)63-88-94(82,83)90-67-71(65-86-73(78)59-54-49-43-18-15-12-8-3)92-75(80)61-56-51-46-39-20-17-14-11-7-2/h69-72,77H,6-68H2,1-5H3,(H,82,83)(H,84,85)/t69?,70-,71+,72+/m0/s1. The Kier molecular flexibility index (Phi) is 67.7. The van der Waals surface area contributed by atoms with Gasteiger partial charge in [0, 0.05) is 25.7 Å². The van der Waals surface area contributed by atoms with Gasteiger partial charge in [0.05, 0.1) is 26.4 Å². The second-order valence-corrected chi connectivity index (χ2v) is 30.5. The van der Waals surface area contributed by atoms with E-state index in [0.29, 0.717) is 25.7 Å². The summed E-state index contributed by atoms with van der Waals surface area (Å²) in [5.74, 6) is -1.25. The number of ether oxygens (including phenoxy) is 4. The van der Waals surface area contributed by atoms with E-state index in [2.05, 4.69) is 34.6 Å². The molecule has 0 bridgehead atoms. The molecule has 19 heteroatoms. The highest BCUT2D eigenvalue weighted by Gasteiger charge is 2.30. The summed E-state index contributed by atoms with van der Waals surface area (Å²) in [6.07, 6.45) is 58.5. The molecule has 0 aromatic heterocycles. The van der Waals surface area contributed by atoms with Crippen molar-refractivity contribution in [3.8, 4) is 0 Å². The Morgan fingerprint density at radius 3 is 0.747 bits per heavy atom. The van der Waals surface area contributed by atoms with Crippen molar-refractivity contribution in [1.29, 1.82) is 0 Å². The lowest BCUT2D eigenvalue weighted by Crippen LogP contribution is -2.30. The van der Waals surface area contributed by atoms with Gasteiger partial charge in [-0.3, -0.25) is 37.3 Å². The summed E-state index contributed by atoms with van der Waals surface area (Å²) < 4.78 is 68.3. The highest BCUT2D eigenvalue weighted by atomic mass is 31.2. The minimum Gasteiger partial charge on any atom is -0.462 e. The zero-order chi connectivity index (χ0) is 69.8. The van der Waals surface area contributed by atoms with Crippen LogP contribution in [-0.4, -0.2) is 96.7 Å². The first-order valence-electron chi connectivity index (χ1n) is 39.7. The first kappa shape index (κ1) is 93.1. The van der Waals surface area contributed by atoms with Gasteiger partial charge in [-0.1, -0.05) is 349 Å². The molecular formula is C76H148O17P2. The van der Waals surface area contributed by atoms with Crippen LogP contribution in [0.5, 0.6) is 0 Å². The third-order valence-electron chi connectivity index (χ3n) is 18.1. The molecule has 564 valence electrons. The first-order valence-corrected chi connectivity index (χ1v) is 42.7. The predicted molar refractivity (Wildman–Crippen MR) is 386 cm³/mol. The quantitative estimate of drug-likeness (QED) is 0.0222. The average Bonchev–Trinajstić information content (AvgIpc) is 3.46. The van der Waals surface area contributed by atoms with E-state index < -0.39 is 97.5 Å². The number of rotatable bonds is 76. The van der Waals surface area contributed by atoms with E-state index in [1.165, 1.54) is 212 Å². The third-order valence-corrected chi connectivity index (χ3v) is 20.0. The second kappa shape index (κ2) is 69.2. The maximum absolute atomic E-state index is 13.1. The topological polar surface area (TPSA) is 237 Å². The summed E-state index contributed by atoms with van der Waals surface area (Å²) in [6, 6.07) is 0. The molecule has 0 aliphatic heterocycles. The van der Waals surface area contributed by atoms with Crippen LogP contribution in [0.3, 0.4) is 0 Å². The van der Waals surface area contributed by atoms with Crippen molar-refractivity contribution < 1.29 is 80.2 Å². The monoisotopic (exact) mass is 1400 g/mol. The zero-order valence-corrected chi connectivity index (χ0v) is 63.6. The van der Waals surface area contributed by atoms with E-state index in [0.717, 1.165) is 109 Å². The summed E-state index contributed by atoms with van der Waals surface area (Å²) in [7, 11) is -9.90. The number of hydrogen-bond donors (Lipinski definition) is 3. The fraction of sp³-hybridized carbons (Fsp3) is 0.947. The lowest BCUT2D eigenvalue weighted by atomic mass is 9.99. The minimum atomic E-state index is -4.96. The van der Waals surface area contributed by atoms with Gasteiger partial charge in [0.15, 0.2) is 12.2 Å². The van der Waals surface area contributed by atoms with Gasteiger partial charge in [-0.05, 0) is 31.6 Å². The number of hydrogen-bond acceptors (Lipinski definition) is 15. The van der Waals surface area contributed by atoms with Gasteiger partial charge in [-0.25, -0.2) is 9.13 Å². The number of phosphoric ester groups is 2. The smallest absolute Gasteiger partial charge is 0.462 e. The molecule has 0 radical (unpaired) electrons. The molecule has 0 fully saturated rings. The lowest BCUT2D eigenvalue weighted by Gasteiger charge is -2.21. The summed E-state index contributed by atoms with van der Waals surface area (Å²) in [6.45, 7) is 7.30. The van der Waals surface area contributed by atoms with Gasteiger partial charge in [0.2, 0.25) is 0 Å². The molecule has 95 heavy (non-hydrogen) atoms. The fourth-order valence-electron chi connectivity index (χ4n) is 11.7. The van der Waals surface area contributed by atoms with Crippen LogP contribution < -0.4 is 0 Å². The molecule has 0 rings (SSSR count). The van der Waals surface area contributed by atoms with Crippen LogP contribution in [0.1, 0.15) is 401 Å². The Morgan fingerprint density at radius 1 is 0.295 bits per heavy atom. The largest absolute Gasteiger partial charge is 0.472 e. The molecule has 0 saturated carbocycles. The molecule has 0 amide bonds. The number of aliphatic hydroxyl groups excluding tert-OH is 1. The second-order valence-electron chi connectivity index (χ2n) is 27.6. The van der Waals surface area contributed by atoms with E-state index >= 15 is 0 Å². The number of carbonyl (C=O) groups is 4. The van der Waals surface area contributed by atoms with Crippen molar-refractivity contribution in [2.45, 2.75) is 419 Å². The molecule has 17 nitrogen and oxygen atoms in total. The van der Waals surface area contributed by atoms with E-state index in [9.17, 15) is 43.2 Å². The van der Waals surface area contributed by atoms with Crippen LogP contribution in [-0.2, 0) is 65.4 Å². The SMILES string of the molecule is CCCCCCCCCCCCCCCCCCCC(=O)OC[C@H](COP(=O)(O)OC[C@@H](O)COP(=O)(O)OC[C@@H](COC(=O)CCCCCCCCC)OC(=O)CCCCCCCCCCC)OC(=O)CCCCCCCCCCCCCCCCCCCCC(C)CC. The van der Waals surface area contributed by atoms with Crippen LogP contribution in [0.15, 0.2) is 0 Å². The number of carbonyl (C=O) groups excluding carboxylic acids is 4. The molecule has 0 aliphatic carbocycles. The third kappa shape index (κ3) is 69.0. The van der Waals surface area contributed by atoms with Crippen LogP contribution in [0.25, 0.3) is 0 Å². The maximum Gasteiger partial charge on any atom is 0.472 e. The normalized spacial score (nSPS) is 14.2. The molecule has 6 atom stereocenters. The van der Waals surface area contributed by atoms with Crippen molar-refractivity contribution >= 4 is 39.5 Å². The minimum absolute atomic E-state index is 0.106. The van der Waals surface area contributed by atoms with Gasteiger partial charge in [0.1, 0.15) is 19.3 Å². The van der Waals surface area contributed by atoms with E-state index in [1.54, 1.807) is 0 Å². The van der Waals surface area contributed by atoms with Gasteiger partial charge >= 0.3 is 39.5 Å². The number of phosphoric acid groups is 2. The van der Waals surface area contributed by atoms with E-state index in [4.69, 9.17) is 37.0 Å². The summed E-state index contributed by atoms with van der Waals surface area (Å²) in [5.41, 5.74) is 0. The molecule has 0 aromatic carbocycles. The molecule has 3 N–H and O–H groups in total. The van der Waals surface area contributed by atoms with Crippen molar-refractivity contribution in [2.24, 2.45) is 5.92 Å². The van der Waals surface area contributed by atoms with Gasteiger partial charge in [0.25, 0.3) is 0 Å². The molecule has 0 aliphatic rings. The zero-order valence-electron chi connectivity index (χ0n) is 61.8. The molecule has 3 unspecified atom stereocenters. The maximum atomic E-state index is 13.1. The fourth-order valence-corrected chi connectivity index (χ4v) is 13.3.